The van der Waals surface area contributed by atoms with E-state index in [0.29, 0.717) is 10.7 Å². The van der Waals surface area contributed by atoms with Crippen LogP contribution in [0.15, 0.2) is 24.3 Å². The van der Waals surface area contributed by atoms with Gasteiger partial charge in [0.15, 0.2) is 0 Å². The molecular weight excluding hydrogens is 280 g/mol. The van der Waals surface area contributed by atoms with Gasteiger partial charge in [-0.1, -0.05) is 44.0 Å². The number of rotatable bonds is 5. The van der Waals surface area contributed by atoms with Crippen LogP contribution in [0.2, 0.25) is 5.02 Å². The molecule has 2 amide bonds. The molecule has 0 spiro atoms. The van der Waals surface area contributed by atoms with Gasteiger partial charge in [-0.3, -0.25) is 0 Å². The number of hydrogen-bond donors (Lipinski definition) is 2. The predicted octanol–water partition coefficient (Wildman–Crippen LogP) is 3.05. The van der Waals surface area contributed by atoms with Crippen LogP contribution in [0.4, 0.5) is 10.5 Å². The highest BCUT2D eigenvalue weighted by molar-refractivity contribution is 6.33. The number of urea groups is 1. The highest BCUT2D eigenvalue weighted by atomic mass is 35.5. The Morgan fingerprint density at radius 2 is 2.00 bits per heavy atom. The lowest BCUT2D eigenvalue weighted by Crippen LogP contribution is -2.47. The maximum atomic E-state index is 11.9. The summed E-state index contributed by atoms with van der Waals surface area (Å²) in [6.07, 6.45) is 0.742. The lowest BCUT2D eigenvalue weighted by atomic mass is 9.99. The summed E-state index contributed by atoms with van der Waals surface area (Å²) in [4.78, 5) is 23.6. The SMILES string of the molecule is CC[C@@H](C)[C@H](NC(=O)Nc1ccccc1Cl)C(=O)OC. The minimum Gasteiger partial charge on any atom is -0.467 e. The number of carbonyl (C=O) groups excluding carboxylic acids is 2. The first-order chi connectivity index (χ1) is 9.49. The van der Waals surface area contributed by atoms with Gasteiger partial charge >= 0.3 is 12.0 Å². The minimum atomic E-state index is -0.688. The van der Waals surface area contributed by atoms with Crippen molar-refractivity contribution in [3.8, 4) is 0 Å². The number of ether oxygens (including phenoxy) is 1. The summed E-state index contributed by atoms with van der Waals surface area (Å²) >= 11 is 5.95. The predicted molar refractivity (Wildman–Crippen MR) is 78.9 cm³/mol. The number of amides is 2. The van der Waals surface area contributed by atoms with Gasteiger partial charge in [0, 0.05) is 0 Å². The zero-order valence-electron chi connectivity index (χ0n) is 11.8. The summed E-state index contributed by atoms with van der Waals surface area (Å²) in [5.74, 6) is -0.492. The zero-order valence-corrected chi connectivity index (χ0v) is 12.5. The van der Waals surface area contributed by atoms with Crippen LogP contribution in [0.3, 0.4) is 0 Å². The van der Waals surface area contributed by atoms with E-state index in [1.165, 1.54) is 7.11 Å². The molecule has 0 saturated heterocycles. The smallest absolute Gasteiger partial charge is 0.328 e. The van der Waals surface area contributed by atoms with Crippen LogP contribution in [0.1, 0.15) is 20.3 Å². The number of carbonyl (C=O) groups is 2. The molecule has 0 fully saturated rings. The molecule has 0 radical (unpaired) electrons. The van der Waals surface area contributed by atoms with Crippen LogP contribution in [-0.2, 0) is 9.53 Å². The lowest BCUT2D eigenvalue weighted by Gasteiger charge is -2.22. The van der Waals surface area contributed by atoms with E-state index in [1.54, 1.807) is 24.3 Å². The van der Waals surface area contributed by atoms with Crippen LogP contribution in [0, 0.1) is 5.92 Å². The van der Waals surface area contributed by atoms with Gasteiger partial charge in [0.05, 0.1) is 17.8 Å². The summed E-state index contributed by atoms with van der Waals surface area (Å²) in [5.41, 5.74) is 0.486. The van der Waals surface area contributed by atoms with Crippen molar-refractivity contribution in [3.05, 3.63) is 29.3 Å². The first-order valence-electron chi connectivity index (χ1n) is 6.39. The van der Waals surface area contributed by atoms with Crippen LogP contribution < -0.4 is 10.6 Å². The molecule has 0 saturated carbocycles. The fourth-order valence-corrected chi connectivity index (χ4v) is 1.84. The molecule has 0 aliphatic carbocycles. The Morgan fingerprint density at radius 3 is 2.55 bits per heavy atom. The van der Waals surface area contributed by atoms with E-state index in [-0.39, 0.29) is 5.92 Å². The van der Waals surface area contributed by atoms with Crippen molar-refractivity contribution in [3.63, 3.8) is 0 Å². The molecular formula is C14H19ClN2O3. The number of methoxy groups -OCH3 is 1. The Kier molecular flexibility index (Phi) is 6.31. The van der Waals surface area contributed by atoms with Gasteiger partial charge in [0.2, 0.25) is 0 Å². The van der Waals surface area contributed by atoms with Gasteiger partial charge in [-0.25, -0.2) is 9.59 Å². The van der Waals surface area contributed by atoms with Crippen LogP contribution in [0.5, 0.6) is 0 Å². The fraction of sp³-hybridized carbons (Fsp3) is 0.429. The third-order valence-electron chi connectivity index (χ3n) is 3.08. The standard InChI is InChI=1S/C14H19ClN2O3/c1-4-9(2)12(13(18)20-3)17-14(19)16-11-8-6-5-7-10(11)15/h5-9,12H,4H2,1-3H3,(H2,16,17,19)/t9-,12+/m1/s1. The molecule has 0 heterocycles. The van der Waals surface area contributed by atoms with E-state index in [4.69, 9.17) is 16.3 Å². The summed E-state index contributed by atoms with van der Waals surface area (Å²) < 4.78 is 4.70. The van der Waals surface area contributed by atoms with E-state index in [0.717, 1.165) is 6.42 Å². The topological polar surface area (TPSA) is 67.4 Å². The van der Waals surface area contributed by atoms with E-state index in [2.05, 4.69) is 10.6 Å². The van der Waals surface area contributed by atoms with Crippen LogP contribution in [0.25, 0.3) is 0 Å². The first-order valence-corrected chi connectivity index (χ1v) is 6.77. The summed E-state index contributed by atoms with van der Waals surface area (Å²) in [5, 5.41) is 5.65. The molecule has 2 N–H and O–H groups in total. The summed E-state index contributed by atoms with van der Waals surface area (Å²) in [6, 6.07) is 5.69. The Morgan fingerprint density at radius 1 is 1.35 bits per heavy atom. The number of hydrogen-bond acceptors (Lipinski definition) is 3. The molecule has 5 nitrogen and oxygen atoms in total. The van der Waals surface area contributed by atoms with Gasteiger partial charge in [-0.15, -0.1) is 0 Å². The number of nitrogens with one attached hydrogen (secondary N) is 2. The maximum Gasteiger partial charge on any atom is 0.328 e. The van der Waals surface area contributed by atoms with E-state index in [9.17, 15) is 9.59 Å². The average Bonchev–Trinajstić information content (AvgIpc) is 2.45. The van der Waals surface area contributed by atoms with Crippen molar-refractivity contribution < 1.29 is 14.3 Å². The lowest BCUT2D eigenvalue weighted by molar-refractivity contribution is -0.144. The largest absolute Gasteiger partial charge is 0.467 e. The molecule has 1 rings (SSSR count). The number of para-hydroxylation sites is 1. The Bertz CT molecular complexity index is 479. The van der Waals surface area contributed by atoms with Gasteiger partial charge in [-0.2, -0.15) is 0 Å². The van der Waals surface area contributed by atoms with Crippen molar-refractivity contribution in [2.24, 2.45) is 5.92 Å². The molecule has 0 bridgehead atoms. The monoisotopic (exact) mass is 298 g/mol. The third kappa shape index (κ3) is 4.42. The van der Waals surface area contributed by atoms with Crippen LogP contribution in [-0.4, -0.2) is 25.2 Å². The summed E-state index contributed by atoms with van der Waals surface area (Å²) in [6.45, 7) is 3.81. The summed E-state index contributed by atoms with van der Waals surface area (Å²) in [7, 11) is 1.30. The maximum absolute atomic E-state index is 11.9. The van der Waals surface area contributed by atoms with Gasteiger partial charge < -0.3 is 15.4 Å². The van der Waals surface area contributed by atoms with E-state index < -0.39 is 18.0 Å². The van der Waals surface area contributed by atoms with E-state index >= 15 is 0 Å². The molecule has 20 heavy (non-hydrogen) atoms. The average molecular weight is 299 g/mol. The Labute approximate surface area is 123 Å². The van der Waals surface area contributed by atoms with Crippen molar-refractivity contribution in [1.82, 2.24) is 5.32 Å². The zero-order chi connectivity index (χ0) is 15.1. The third-order valence-corrected chi connectivity index (χ3v) is 3.41. The van der Waals surface area contributed by atoms with Gasteiger partial charge in [0.1, 0.15) is 6.04 Å². The number of anilines is 1. The minimum absolute atomic E-state index is 0.0283. The second-order valence-corrected chi connectivity index (χ2v) is 4.87. The fourth-order valence-electron chi connectivity index (χ4n) is 1.66. The second-order valence-electron chi connectivity index (χ2n) is 4.46. The number of esters is 1. The molecule has 0 aromatic heterocycles. The molecule has 0 unspecified atom stereocenters. The van der Waals surface area contributed by atoms with Crippen molar-refractivity contribution >= 4 is 29.3 Å². The Hall–Kier alpha value is -1.75. The molecule has 0 aliphatic heterocycles. The van der Waals surface area contributed by atoms with Gasteiger partial charge in [0.25, 0.3) is 0 Å². The molecule has 1 aromatic rings. The highest BCUT2D eigenvalue weighted by Crippen LogP contribution is 2.20. The van der Waals surface area contributed by atoms with Crippen molar-refractivity contribution in [2.75, 3.05) is 12.4 Å². The van der Waals surface area contributed by atoms with Crippen LogP contribution >= 0.6 is 11.6 Å². The first kappa shape index (κ1) is 16.3. The van der Waals surface area contributed by atoms with E-state index in [1.807, 2.05) is 13.8 Å². The normalized spacial score (nSPS) is 13.2. The molecule has 1 aromatic carbocycles. The highest BCUT2D eigenvalue weighted by Gasteiger charge is 2.26. The molecule has 0 aliphatic rings. The van der Waals surface area contributed by atoms with Gasteiger partial charge in [-0.05, 0) is 18.1 Å². The molecule has 6 heteroatoms. The Balaban J connectivity index is 2.72. The molecule has 2 atom stereocenters. The number of halogens is 1. The second kappa shape index (κ2) is 7.75. The quantitative estimate of drug-likeness (QED) is 0.821. The van der Waals surface area contributed by atoms with Crippen molar-refractivity contribution in [1.29, 1.82) is 0 Å². The van der Waals surface area contributed by atoms with Crippen molar-refractivity contribution in [2.45, 2.75) is 26.3 Å². The molecule has 110 valence electrons. The number of benzene rings is 1.